The fraction of sp³-hybridized carbons (Fsp3) is 0.333. The van der Waals surface area contributed by atoms with Crippen LogP contribution in [0.5, 0.6) is 0 Å². The number of amides is 2. The first-order valence-electron chi connectivity index (χ1n) is 10.3. The largest absolute Gasteiger partial charge is 0.453 e. The van der Waals surface area contributed by atoms with Gasteiger partial charge in [-0.3, -0.25) is 19.2 Å². The second kappa shape index (κ2) is 9.55. The van der Waals surface area contributed by atoms with Crippen molar-refractivity contribution in [3.05, 3.63) is 64.7 Å². The highest BCUT2D eigenvalue weighted by Crippen LogP contribution is 2.21. The highest BCUT2D eigenvalue weighted by molar-refractivity contribution is 6.01. The SMILES string of the molecule is Cc1ccc(C(=O)[C@@H](C)OC(=O)CNC(=O)c2ccc(N3CCCC3=O)cc2)cc1C. The Hall–Kier alpha value is -3.48. The smallest absolute Gasteiger partial charge is 0.326 e. The Morgan fingerprint density at radius 1 is 1.03 bits per heavy atom. The van der Waals surface area contributed by atoms with Crippen molar-refractivity contribution < 1.29 is 23.9 Å². The second-order valence-electron chi connectivity index (χ2n) is 7.67. The molecule has 162 valence electrons. The molecular formula is C24H26N2O5. The van der Waals surface area contributed by atoms with Gasteiger partial charge in [0.25, 0.3) is 5.91 Å². The van der Waals surface area contributed by atoms with Gasteiger partial charge in [0.15, 0.2) is 6.10 Å². The minimum Gasteiger partial charge on any atom is -0.453 e. The van der Waals surface area contributed by atoms with E-state index in [2.05, 4.69) is 5.32 Å². The van der Waals surface area contributed by atoms with Crippen LogP contribution < -0.4 is 10.2 Å². The Morgan fingerprint density at radius 3 is 2.32 bits per heavy atom. The summed E-state index contributed by atoms with van der Waals surface area (Å²) in [6.07, 6.45) is 0.409. The third kappa shape index (κ3) is 5.36. The lowest BCUT2D eigenvalue weighted by atomic mass is 10.0. The lowest BCUT2D eigenvalue weighted by Crippen LogP contribution is -2.34. The van der Waals surface area contributed by atoms with Crippen LogP contribution in [0.15, 0.2) is 42.5 Å². The molecule has 0 spiro atoms. The Morgan fingerprint density at radius 2 is 1.71 bits per heavy atom. The van der Waals surface area contributed by atoms with Crippen molar-refractivity contribution in [2.24, 2.45) is 0 Å². The number of nitrogens with zero attached hydrogens (tertiary/aromatic N) is 1. The van der Waals surface area contributed by atoms with Crippen LogP contribution in [-0.4, -0.2) is 42.8 Å². The first-order chi connectivity index (χ1) is 14.8. The van der Waals surface area contributed by atoms with Crippen LogP contribution in [0.25, 0.3) is 0 Å². The molecule has 2 aromatic rings. The molecule has 31 heavy (non-hydrogen) atoms. The van der Waals surface area contributed by atoms with Crippen LogP contribution in [0, 0.1) is 13.8 Å². The van der Waals surface area contributed by atoms with Crippen molar-refractivity contribution in [3.63, 3.8) is 0 Å². The van der Waals surface area contributed by atoms with Crippen LogP contribution in [0.1, 0.15) is 51.6 Å². The topological polar surface area (TPSA) is 92.8 Å². The van der Waals surface area contributed by atoms with Gasteiger partial charge < -0.3 is 15.0 Å². The maximum atomic E-state index is 12.5. The summed E-state index contributed by atoms with van der Waals surface area (Å²) in [6, 6.07) is 11.9. The second-order valence-corrected chi connectivity index (χ2v) is 7.67. The first kappa shape index (κ1) is 22.2. The van der Waals surface area contributed by atoms with Gasteiger partial charge in [0.2, 0.25) is 11.7 Å². The molecular weight excluding hydrogens is 396 g/mol. The monoisotopic (exact) mass is 422 g/mol. The average Bonchev–Trinajstić information content (AvgIpc) is 3.19. The Bertz CT molecular complexity index is 1010. The maximum Gasteiger partial charge on any atom is 0.326 e. The molecule has 3 rings (SSSR count). The summed E-state index contributed by atoms with van der Waals surface area (Å²) < 4.78 is 5.17. The Balaban J connectivity index is 1.50. The van der Waals surface area contributed by atoms with Gasteiger partial charge >= 0.3 is 5.97 Å². The number of hydrogen-bond donors (Lipinski definition) is 1. The van der Waals surface area contributed by atoms with Gasteiger partial charge in [0, 0.05) is 29.8 Å². The average molecular weight is 422 g/mol. The maximum absolute atomic E-state index is 12.5. The van der Waals surface area contributed by atoms with Crippen molar-refractivity contribution in [1.82, 2.24) is 5.32 Å². The van der Waals surface area contributed by atoms with E-state index in [1.165, 1.54) is 6.92 Å². The highest BCUT2D eigenvalue weighted by Gasteiger charge is 2.22. The van der Waals surface area contributed by atoms with Crippen LogP contribution in [-0.2, 0) is 14.3 Å². The van der Waals surface area contributed by atoms with E-state index < -0.39 is 18.0 Å². The van der Waals surface area contributed by atoms with Crippen molar-refractivity contribution in [3.8, 4) is 0 Å². The number of Topliss-reactive ketones (excluding diaryl/α,β-unsaturated/α-hetero) is 1. The fourth-order valence-corrected chi connectivity index (χ4v) is 3.39. The number of benzene rings is 2. The molecule has 0 aromatic heterocycles. The summed E-state index contributed by atoms with van der Waals surface area (Å²) >= 11 is 0. The molecule has 7 nitrogen and oxygen atoms in total. The van der Waals surface area contributed by atoms with E-state index in [-0.39, 0.29) is 18.2 Å². The van der Waals surface area contributed by atoms with Crippen molar-refractivity contribution in [2.45, 2.75) is 39.7 Å². The number of ketones is 1. The highest BCUT2D eigenvalue weighted by atomic mass is 16.5. The number of rotatable bonds is 7. The van der Waals surface area contributed by atoms with Gasteiger partial charge in [-0.1, -0.05) is 12.1 Å². The van der Waals surface area contributed by atoms with Crippen LogP contribution in [0.2, 0.25) is 0 Å². The standard InChI is InChI=1S/C24H26N2O5/c1-15-6-7-19(13-16(15)2)23(29)17(3)31-22(28)14-25-24(30)18-8-10-20(11-9-18)26-12-4-5-21(26)27/h6-11,13,17H,4-5,12,14H2,1-3H3,(H,25,30)/t17-/m1/s1. The quantitative estimate of drug-likeness (QED) is 0.547. The van der Waals surface area contributed by atoms with Gasteiger partial charge in [-0.25, -0.2) is 0 Å². The van der Waals surface area contributed by atoms with Crippen molar-refractivity contribution in [1.29, 1.82) is 0 Å². The number of carbonyl (C=O) groups is 4. The van der Waals surface area contributed by atoms with Gasteiger partial charge in [0.1, 0.15) is 6.54 Å². The van der Waals surface area contributed by atoms with E-state index in [1.54, 1.807) is 41.3 Å². The summed E-state index contributed by atoms with van der Waals surface area (Å²) in [5, 5.41) is 2.49. The third-order valence-electron chi connectivity index (χ3n) is 5.38. The molecule has 1 aliphatic rings. The number of esters is 1. The molecule has 1 aliphatic heterocycles. The van der Waals surface area contributed by atoms with Crippen LogP contribution >= 0.6 is 0 Å². The molecule has 0 aliphatic carbocycles. The van der Waals surface area contributed by atoms with E-state index in [1.807, 2.05) is 19.9 Å². The summed E-state index contributed by atoms with van der Waals surface area (Å²) in [4.78, 5) is 50.3. The molecule has 1 fully saturated rings. The zero-order chi connectivity index (χ0) is 22.5. The predicted molar refractivity (Wildman–Crippen MR) is 116 cm³/mol. The number of ether oxygens (including phenoxy) is 1. The molecule has 0 unspecified atom stereocenters. The zero-order valence-electron chi connectivity index (χ0n) is 17.9. The molecule has 0 radical (unpaired) electrons. The molecule has 7 heteroatoms. The number of carbonyl (C=O) groups excluding carboxylic acids is 4. The molecule has 2 amide bonds. The fourth-order valence-electron chi connectivity index (χ4n) is 3.39. The van der Waals surface area contributed by atoms with E-state index in [9.17, 15) is 19.2 Å². The molecule has 2 aromatic carbocycles. The van der Waals surface area contributed by atoms with Crippen LogP contribution in [0.4, 0.5) is 5.69 Å². The lowest BCUT2D eigenvalue weighted by Gasteiger charge is -2.16. The predicted octanol–water partition coefficient (Wildman–Crippen LogP) is 2.97. The Kier molecular flexibility index (Phi) is 6.84. The number of anilines is 1. The molecule has 0 saturated carbocycles. The summed E-state index contributed by atoms with van der Waals surface area (Å²) in [6.45, 7) is 5.70. The molecule has 0 bridgehead atoms. The number of hydrogen-bond acceptors (Lipinski definition) is 5. The molecule has 1 heterocycles. The molecule has 1 atom stereocenters. The Labute approximate surface area is 181 Å². The third-order valence-corrected chi connectivity index (χ3v) is 5.38. The van der Waals surface area contributed by atoms with Gasteiger partial charge in [-0.05, 0) is 68.7 Å². The minimum absolute atomic E-state index is 0.0735. The number of aryl methyl sites for hydroxylation is 2. The normalized spacial score (nSPS) is 14.3. The van der Waals surface area contributed by atoms with Gasteiger partial charge in [0.05, 0.1) is 0 Å². The van der Waals surface area contributed by atoms with E-state index >= 15 is 0 Å². The van der Waals surface area contributed by atoms with Crippen LogP contribution in [0.3, 0.4) is 0 Å². The molecule has 1 saturated heterocycles. The van der Waals surface area contributed by atoms with Gasteiger partial charge in [-0.2, -0.15) is 0 Å². The van der Waals surface area contributed by atoms with E-state index in [0.717, 1.165) is 23.2 Å². The van der Waals surface area contributed by atoms with Crippen molar-refractivity contribution >= 4 is 29.3 Å². The van der Waals surface area contributed by atoms with Crippen molar-refractivity contribution in [2.75, 3.05) is 18.0 Å². The van der Waals surface area contributed by atoms with Gasteiger partial charge in [-0.15, -0.1) is 0 Å². The summed E-state index contributed by atoms with van der Waals surface area (Å²) in [5.41, 5.74) is 3.64. The van der Waals surface area contributed by atoms with E-state index in [4.69, 9.17) is 4.74 Å². The number of nitrogens with one attached hydrogen (secondary N) is 1. The summed E-state index contributed by atoms with van der Waals surface area (Å²) in [7, 11) is 0. The lowest BCUT2D eigenvalue weighted by molar-refractivity contribution is -0.145. The minimum atomic E-state index is -0.955. The molecule has 1 N–H and O–H groups in total. The zero-order valence-corrected chi connectivity index (χ0v) is 17.9. The van der Waals surface area contributed by atoms with E-state index in [0.29, 0.717) is 24.1 Å². The summed E-state index contributed by atoms with van der Waals surface area (Å²) in [5.74, 6) is -1.36. The first-order valence-corrected chi connectivity index (χ1v) is 10.3.